The Hall–Kier alpha value is -2.41. The fourth-order valence-corrected chi connectivity index (χ4v) is 2.99. The Morgan fingerprint density at radius 3 is 2.33 bits per heavy atom. The minimum atomic E-state index is -3.79. The molecule has 0 radical (unpaired) electrons. The van der Waals surface area contributed by atoms with Gasteiger partial charge >= 0.3 is 0 Å². The number of rotatable bonds is 6. The lowest BCUT2D eigenvalue weighted by molar-refractivity contribution is -0.119. The molecule has 0 atom stereocenters. The third-order valence-electron chi connectivity index (χ3n) is 3.42. The normalized spacial score (nSPS) is 11.1. The second-order valence-corrected chi connectivity index (χ2v) is 7.39. The van der Waals surface area contributed by atoms with Gasteiger partial charge in [-0.1, -0.05) is 42.0 Å². The van der Waals surface area contributed by atoms with Crippen molar-refractivity contribution in [1.29, 1.82) is 0 Å². The highest BCUT2D eigenvalue weighted by Crippen LogP contribution is 2.20. The number of sulfonamides is 1. The van der Waals surface area contributed by atoms with Gasteiger partial charge in [-0.3, -0.25) is 9.10 Å². The number of para-hydroxylation sites is 1. The Balaban J connectivity index is 2.08. The van der Waals surface area contributed by atoms with E-state index in [0.29, 0.717) is 0 Å². The number of hydrogen-bond donors (Lipinski definition) is 1. The zero-order valence-corrected chi connectivity index (χ0v) is 14.3. The quantitative estimate of drug-likeness (QED) is 0.869. The van der Waals surface area contributed by atoms with E-state index in [1.165, 1.54) is 18.2 Å². The van der Waals surface area contributed by atoms with Crippen LogP contribution in [0.3, 0.4) is 0 Å². The molecule has 128 valence electrons. The fourth-order valence-electron chi connectivity index (χ4n) is 2.13. The van der Waals surface area contributed by atoms with Crippen molar-refractivity contribution in [3.8, 4) is 0 Å². The van der Waals surface area contributed by atoms with Crippen molar-refractivity contribution >= 4 is 21.6 Å². The van der Waals surface area contributed by atoms with Crippen molar-refractivity contribution in [1.82, 2.24) is 5.32 Å². The van der Waals surface area contributed by atoms with Crippen LogP contribution in [0.4, 0.5) is 10.1 Å². The molecular weight excluding hydrogens is 331 g/mol. The maximum Gasteiger partial charge on any atom is 0.241 e. The van der Waals surface area contributed by atoms with Crippen LogP contribution in [0.5, 0.6) is 0 Å². The number of carbonyl (C=O) groups is 1. The van der Waals surface area contributed by atoms with E-state index in [9.17, 15) is 17.6 Å². The van der Waals surface area contributed by atoms with Crippen molar-refractivity contribution < 1.29 is 17.6 Å². The van der Waals surface area contributed by atoms with E-state index in [-0.39, 0.29) is 12.2 Å². The van der Waals surface area contributed by atoms with Crippen LogP contribution in [-0.2, 0) is 21.4 Å². The molecule has 0 heterocycles. The van der Waals surface area contributed by atoms with Crippen molar-refractivity contribution in [3.05, 3.63) is 65.5 Å². The average Bonchev–Trinajstić information content (AvgIpc) is 2.52. The number of nitrogens with one attached hydrogen (secondary N) is 1. The van der Waals surface area contributed by atoms with Gasteiger partial charge in [0.25, 0.3) is 0 Å². The second kappa shape index (κ2) is 7.44. The zero-order chi connectivity index (χ0) is 17.7. The SMILES string of the molecule is Cc1ccc(CNC(=O)CN(c2ccccc2F)S(C)(=O)=O)cc1. The molecule has 0 bridgehead atoms. The molecule has 0 aliphatic rings. The maximum atomic E-state index is 13.9. The lowest BCUT2D eigenvalue weighted by Crippen LogP contribution is -2.40. The van der Waals surface area contributed by atoms with E-state index in [1.807, 2.05) is 31.2 Å². The van der Waals surface area contributed by atoms with E-state index in [4.69, 9.17) is 0 Å². The minimum Gasteiger partial charge on any atom is -0.350 e. The number of anilines is 1. The van der Waals surface area contributed by atoms with Crippen LogP contribution in [-0.4, -0.2) is 27.1 Å². The maximum absolute atomic E-state index is 13.9. The van der Waals surface area contributed by atoms with Crippen molar-refractivity contribution in [2.75, 3.05) is 17.1 Å². The molecule has 1 amide bonds. The monoisotopic (exact) mass is 350 g/mol. The number of amides is 1. The third-order valence-corrected chi connectivity index (χ3v) is 4.55. The van der Waals surface area contributed by atoms with E-state index < -0.39 is 28.3 Å². The van der Waals surface area contributed by atoms with E-state index in [1.54, 1.807) is 0 Å². The van der Waals surface area contributed by atoms with Gasteiger partial charge in [-0.2, -0.15) is 0 Å². The summed E-state index contributed by atoms with van der Waals surface area (Å²) in [7, 11) is -3.79. The van der Waals surface area contributed by atoms with Crippen molar-refractivity contribution in [2.45, 2.75) is 13.5 Å². The molecule has 0 fully saturated rings. The Morgan fingerprint density at radius 2 is 1.75 bits per heavy atom. The first kappa shape index (κ1) is 17.9. The number of nitrogens with zero attached hydrogens (tertiary/aromatic N) is 1. The molecule has 1 N–H and O–H groups in total. The summed E-state index contributed by atoms with van der Waals surface area (Å²) >= 11 is 0. The summed E-state index contributed by atoms with van der Waals surface area (Å²) in [5.41, 5.74) is 1.85. The van der Waals surface area contributed by atoms with E-state index in [0.717, 1.165) is 27.8 Å². The van der Waals surface area contributed by atoms with Gasteiger partial charge in [0.15, 0.2) is 0 Å². The Morgan fingerprint density at radius 1 is 1.12 bits per heavy atom. The molecular formula is C17H19FN2O3S. The molecule has 2 aromatic rings. The molecule has 2 aromatic carbocycles. The highest BCUT2D eigenvalue weighted by molar-refractivity contribution is 7.92. The molecule has 7 heteroatoms. The second-order valence-electron chi connectivity index (χ2n) is 5.48. The van der Waals surface area contributed by atoms with Crippen LogP contribution in [0.25, 0.3) is 0 Å². The summed E-state index contributed by atoms with van der Waals surface area (Å²) in [5, 5.41) is 2.64. The van der Waals surface area contributed by atoms with Crippen LogP contribution >= 0.6 is 0 Å². The molecule has 0 saturated carbocycles. The van der Waals surface area contributed by atoms with Gasteiger partial charge in [0.2, 0.25) is 15.9 Å². The molecule has 0 aromatic heterocycles. The van der Waals surface area contributed by atoms with E-state index >= 15 is 0 Å². The van der Waals surface area contributed by atoms with Crippen molar-refractivity contribution in [2.24, 2.45) is 0 Å². The molecule has 0 aliphatic carbocycles. The van der Waals surface area contributed by atoms with Crippen LogP contribution in [0.1, 0.15) is 11.1 Å². The predicted octanol–water partition coefficient (Wildman–Crippen LogP) is 2.22. The first-order valence-electron chi connectivity index (χ1n) is 7.32. The highest BCUT2D eigenvalue weighted by atomic mass is 32.2. The summed E-state index contributed by atoms with van der Waals surface area (Å²) in [6.07, 6.45) is 0.937. The molecule has 5 nitrogen and oxygen atoms in total. The summed E-state index contributed by atoms with van der Waals surface area (Å²) in [5.74, 6) is -1.21. The van der Waals surface area contributed by atoms with Gasteiger partial charge in [-0.05, 0) is 24.6 Å². The molecule has 0 aliphatic heterocycles. The molecule has 2 rings (SSSR count). The number of benzene rings is 2. The zero-order valence-electron chi connectivity index (χ0n) is 13.5. The Kier molecular flexibility index (Phi) is 5.56. The average molecular weight is 350 g/mol. The van der Waals surface area contributed by atoms with Gasteiger partial charge < -0.3 is 5.32 Å². The van der Waals surface area contributed by atoms with Crippen molar-refractivity contribution in [3.63, 3.8) is 0 Å². The molecule has 0 saturated heterocycles. The van der Waals surface area contributed by atoms with Gasteiger partial charge in [-0.25, -0.2) is 12.8 Å². The van der Waals surface area contributed by atoms with Gasteiger partial charge in [0.1, 0.15) is 12.4 Å². The first-order chi connectivity index (χ1) is 11.3. The molecule has 0 spiro atoms. The fraction of sp³-hybridized carbons (Fsp3) is 0.235. The standard InChI is InChI=1S/C17H19FN2O3S/c1-13-7-9-14(10-8-13)11-19-17(21)12-20(24(2,22)23)16-6-4-3-5-15(16)18/h3-10H,11-12H2,1-2H3,(H,19,21). The van der Waals surface area contributed by atoms with E-state index in [2.05, 4.69) is 5.32 Å². The van der Waals surface area contributed by atoms with Crippen LogP contribution in [0, 0.1) is 12.7 Å². The smallest absolute Gasteiger partial charge is 0.241 e. The summed E-state index contributed by atoms with van der Waals surface area (Å²) in [4.78, 5) is 12.1. The Bertz CT molecular complexity index is 820. The number of halogens is 1. The van der Waals surface area contributed by atoms with Gasteiger partial charge in [0, 0.05) is 6.54 Å². The van der Waals surface area contributed by atoms with Crippen LogP contribution < -0.4 is 9.62 Å². The predicted molar refractivity (Wildman–Crippen MR) is 91.6 cm³/mol. The first-order valence-corrected chi connectivity index (χ1v) is 9.16. The number of hydrogen-bond acceptors (Lipinski definition) is 3. The Labute approximate surface area is 141 Å². The number of aryl methyl sites for hydroxylation is 1. The minimum absolute atomic E-state index is 0.148. The topological polar surface area (TPSA) is 66.5 Å². The molecule has 0 unspecified atom stereocenters. The lowest BCUT2D eigenvalue weighted by Gasteiger charge is -2.22. The highest BCUT2D eigenvalue weighted by Gasteiger charge is 2.23. The van der Waals surface area contributed by atoms with Crippen LogP contribution in [0.15, 0.2) is 48.5 Å². The lowest BCUT2D eigenvalue weighted by atomic mass is 10.1. The summed E-state index contributed by atoms with van der Waals surface area (Å²) < 4.78 is 38.4. The largest absolute Gasteiger partial charge is 0.350 e. The van der Waals surface area contributed by atoms with Crippen LogP contribution in [0.2, 0.25) is 0 Å². The third kappa shape index (κ3) is 4.79. The molecule has 24 heavy (non-hydrogen) atoms. The summed E-state index contributed by atoms with van der Waals surface area (Å²) in [6, 6.07) is 13.0. The summed E-state index contributed by atoms with van der Waals surface area (Å²) in [6.45, 7) is 1.75. The van der Waals surface area contributed by atoms with Gasteiger partial charge in [0.05, 0.1) is 11.9 Å². The number of carbonyl (C=O) groups excluding carboxylic acids is 1. The van der Waals surface area contributed by atoms with Gasteiger partial charge in [-0.15, -0.1) is 0 Å².